The molecule has 1 saturated carbocycles. The second kappa shape index (κ2) is 7.75. The first kappa shape index (κ1) is 18.6. The van der Waals surface area contributed by atoms with E-state index >= 15 is 0 Å². The van der Waals surface area contributed by atoms with Gasteiger partial charge in [0.15, 0.2) is 11.4 Å². The summed E-state index contributed by atoms with van der Waals surface area (Å²) in [6.07, 6.45) is 4.36. The third-order valence-corrected chi connectivity index (χ3v) is 5.72. The fraction of sp³-hybridized carbons (Fsp3) is 0.200. The molecule has 1 aliphatic rings. The lowest BCUT2D eigenvalue weighted by Crippen LogP contribution is -2.10. The van der Waals surface area contributed by atoms with Gasteiger partial charge in [-0.25, -0.2) is 4.39 Å². The van der Waals surface area contributed by atoms with Gasteiger partial charge in [0.25, 0.3) is 6.01 Å². The molecule has 0 saturated heterocycles. The Labute approximate surface area is 173 Å². The van der Waals surface area contributed by atoms with Gasteiger partial charge in [-0.05, 0) is 48.2 Å². The highest BCUT2D eigenvalue weighted by atomic mass is 19.1. The van der Waals surface area contributed by atoms with E-state index in [4.69, 9.17) is 4.42 Å². The number of nitrogens with zero attached hydrogens (tertiary/aromatic N) is 1. The predicted octanol–water partition coefficient (Wildman–Crippen LogP) is 6.75. The first-order valence-corrected chi connectivity index (χ1v) is 10.2. The number of aromatic nitrogens is 1. The highest BCUT2D eigenvalue weighted by Crippen LogP contribution is 2.29. The van der Waals surface area contributed by atoms with Crippen molar-refractivity contribution >= 4 is 28.6 Å². The Morgan fingerprint density at radius 3 is 2.30 bits per heavy atom. The zero-order valence-electron chi connectivity index (χ0n) is 16.4. The normalized spacial score (nSPS) is 14.3. The molecule has 0 atom stereocenters. The molecule has 5 heteroatoms. The van der Waals surface area contributed by atoms with Crippen LogP contribution in [0.25, 0.3) is 22.2 Å². The van der Waals surface area contributed by atoms with E-state index in [-0.39, 0.29) is 17.5 Å². The number of hydrogen-bond acceptors (Lipinski definition) is 4. The summed E-state index contributed by atoms with van der Waals surface area (Å²) in [4.78, 5) is 16.9. The molecule has 0 radical (unpaired) electrons. The van der Waals surface area contributed by atoms with Crippen LogP contribution in [0.3, 0.4) is 0 Å². The molecule has 5 rings (SSSR count). The second-order valence-electron chi connectivity index (χ2n) is 7.76. The lowest BCUT2D eigenvalue weighted by Gasteiger charge is -2.09. The SMILES string of the molecule is O=C(c1ccc(-c2ccc(Nc3nc4ccc(F)cc4o3)cc2)cc1)C1CCCC1. The molecule has 1 fully saturated rings. The number of ketones is 1. The van der Waals surface area contributed by atoms with E-state index in [1.807, 2.05) is 48.5 Å². The van der Waals surface area contributed by atoms with E-state index in [2.05, 4.69) is 10.3 Å². The molecular weight excluding hydrogens is 379 g/mol. The van der Waals surface area contributed by atoms with E-state index in [0.29, 0.717) is 17.1 Å². The van der Waals surface area contributed by atoms with Crippen molar-refractivity contribution < 1.29 is 13.6 Å². The van der Waals surface area contributed by atoms with Gasteiger partial charge in [0.2, 0.25) is 0 Å². The van der Waals surface area contributed by atoms with Crippen molar-refractivity contribution in [1.29, 1.82) is 0 Å². The highest BCUT2D eigenvalue weighted by molar-refractivity contribution is 5.98. The van der Waals surface area contributed by atoms with Crippen LogP contribution < -0.4 is 5.32 Å². The number of nitrogens with one attached hydrogen (secondary N) is 1. The summed E-state index contributed by atoms with van der Waals surface area (Å²) in [6.45, 7) is 0. The smallest absolute Gasteiger partial charge is 0.300 e. The van der Waals surface area contributed by atoms with E-state index in [0.717, 1.165) is 48.1 Å². The number of rotatable bonds is 5. The van der Waals surface area contributed by atoms with Crippen LogP contribution in [0.1, 0.15) is 36.0 Å². The van der Waals surface area contributed by atoms with E-state index in [1.165, 1.54) is 12.1 Å². The van der Waals surface area contributed by atoms with Crippen LogP contribution >= 0.6 is 0 Å². The number of hydrogen-bond donors (Lipinski definition) is 1. The van der Waals surface area contributed by atoms with Crippen LogP contribution in [0.15, 0.2) is 71.1 Å². The van der Waals surface area contributed by atoms with Crippen LogP contribution in [0, 0.1) is 11.7 Å². The third-order valence-electron chi connectivity index (χ3n) is 5.72. The molecule has 0 bridgehead atoms. The van der Waals surface area contributed by atoms with Crippen molar-refractivity contribution in [2.75, 3.05) is 5.32 Å². The second-order valence-corrected chi connectivity index (χ2v) is 7.76. The zero-order chi connectivity index (χ0) is 20.5. The monoisotopic (exact) mass is 400 g/mol. The minimum atomic E-state index is -0.356. The predicted molar refractivity (Wildman–Crippen MR) is 115 cm³/mol. The standard InChI is InChI=1S/C25H21FN2O2/c26-20-11-14-22-23(15-20)30-25(28-22)27-21-12-9-17(10-13-21)16-5-7-19(8-6-16)24(29)18-3-1-2-4-18/h5-15,18H,1-4H2,(H,27,28). The first-order chi connectivity index (χ1) is 14.7. The van der Waals surface area contributed by atoms with Crippen molar-refractivity contribution in [1.82, 2.24) is 4.98 Å². The number of halogens is 1. The van der Waals surface area contributed by atoms with Crippen LogP contribution in [0.4, 0.5) is 16.1 Å². The topological polar surface area (TPSA) is 55.1 Å². The molecule has 30 heavy (non-hydrogen) atoms. The molecular formula is C25H21FN2O2. The number of Topliss-reactive ketones (excluding diaryl/α,β-unsaturated/α-hetero) is 1. The van der Waals surface area contributed by atoms with Crippen molar-refractivity contribution in [3.8, 4) is 11.1 Å². The van der Waals surface area contributed by atoms with Crippen molar-refractivity contribution in [2.24, 2.45) is 5.92 Å². The van der Waals surface area contributed by atoms with Crippen molar-refractivity contribution in [3.63, 3.8) is 0 Å². The quantitative estimate of drug-likeness (QED) is 0.377. The number of benzene rings is 3. The fourth-order valence-electron chi connectivity index (χ4n) is 4.07. The Kier molecular flexibility index (Phi) is 4.79. The van der Waals surface area contributed by atoms with Crippen molar-refractivity contribution in [2.45, 2.75) is 25.7 Å². The van der Waals surface area contributed by atoms with Crippen LogP contribution in [-0.2, 0) is 0 Å². The number of oxazole rings is 1. The maximum atomic E-state index is 13.3. The van der Waals surface area contributed by atoms with Gasteiger partial charge in [-0.2, -0.15) is 4.98 Å². The van der Waals surface area contributed by atoms with Gasteiger partial charge in [0, 0.05) is 23.2 Å². The van der Waals surface area contributed by atoms with Crippen molar-refractivity contribution in [3.05, 3.63) is 78.1 Å². The van der Waals surface area contributed by atoms with Gasteiger partial charge in [-0.15, -0.1) is 0 Å². The lowest BCUT2D eigenvalue weighted by atomic mass is 9.94. The Morgan fingerprint density at radius 2 is 1.60 bits per heavy atom. The molecule has 0 amide bonds. The summed E-state index contributed by atoms with van der Waals surface area (Å²) in [5.41, 5.74) is 4.74. The summed E-state index contributed by atoms with van der Waals surface area (Å²) >= 11 is 0. The van der Waals surface area contributed by atoms with Gasteiger partial charge in [-0.3, -0.25) is 4.79 Å². The van der Waals surface area contributed by atoms with Gasteiger partial charge in [-0.1, -0.05) is 49.2 Å². The molecule has 1 aromatic heterocycles. The maximum Gasteiger partial charge on any atom is 0.300 e. The number of carbonyl (C=O) groups is 1. The molecule has 1 heterocycles. The van der Waals surface area contributed by atoms with Gasteiger partial charge >= 0.3 is 0 Å². The van der Waals surface area contributed by atoms with Crippen LogP contribution in [-0.4, -0.2) is 10.8 Å². The molecule has 1 N–H and O–H groups in total. The van der Waals surface area contributed by atoms with Gasteiger partial charge in [0.05, 0.1) is 0 Å². The molecule has 4 nitrogen and oxygen atoms in total. The number of fused-ring (bicyclic) bond motifs is 1. The summed E-state index contributed by atoms with van der Waals surface area (Å²) in [5.74, 6) is 0.117. The van der Waals surface area contributed by atoms with E-state index < -0.39 is 0 Å². The summed E-state index contributed by atoms with van der Waals surface area (Å²) < 4.78 is 18.9. The number of carbonyl (C=O) groups excluding carboxylic acids is 1. The minimum absolute atomic E-state index is 0.199. The lowest BCUT2D eigenvalue weighted by molar-refractivity contribution is 0.0923. The fourth-order valence-corrected chi connectivity index (χ4v) is 4.07. The van der Waals surface area contributed by atoms with Gasteiger partial charge < -0.3 is 9.73 Å². The average molecular weight is 400 g/mol. The molecule has 0 aliphatic heterocycles. The first-order valence-electron chi connectivity index (χ1n) is 10.2. The summed E-state index contributed by atoms with van der Waals surface area (Å²) in [7, 11) is 0. The Hall–Kier alpha value is -3.47. The maximum absolute atomic E-state index is 13.3. The van der Waals surface area contributed by atoms with Gasteiger partial charge in [0.1, 0.15) is 11.3 Å². The summed E-state index contributed by atoms with van der Waals surface area (Å²) in [6, 6.07) is 20.3. The van der Waals surface area contributed by atoms with Crippen LogP contribution in [0.5, 0.6) is 0 Å². The Morgan fingerprint density at radius 1 is 0.933 bits per heavy atom. The third kappa shape index (κ3) is 3.71. The molecule has 1 aliphatic carbocycles. The largest absolute Gasteiger partial charge is 0.423 e. The molecule has 4 aromatic rings. The molecule has 0 unspecified atom stereocenters. The zero-order valence-corrected chi connectivity index (χ0v) is 16.4. The highest BCUT2D eigenvalue weighted by Gasteiger charge is 2.23. The molecule has 0 spiro atoms. The van der Waals surface area contributed by atoms with Crippen LogP contribution in [0.2, 0.25) is 0 Å². The molecule has 150 valence electrons. The van der Waals surface area contributed by atoms with E-state index in [9.17, 15) is 9.18 Å². The summed E-state index contributed by atoms with van der Waals surface area (Å²) in [5, 5.41) is 3.10. The average Bonchev–Trinajstić information content (AvgIpc) is 3.43. The van der Waals surface area contributed by atoms with E-state index in [1.54, 1.807) is 6.07 Å². The number of anilines is 2. The molecule has 3 aromatic carbocycles. The Balaban J connectivity index is 1.29. The Bertz CT molecular complexity index is 1190. The minimum Gasteiger partial charge on any atom is -0.423 e.